The maximum Gasteiger partial charge on any atom is 0.407 e. The molecule has 1 rings (SSSR count). The van der Waals surface area contributed by atoms with E-state index in [2.05, 4.69) is 5.32 Å². The van der Waals surface area contributed by atoms with Crippen LogP contribution in [-0.4, -0.2) is 36.1 Å². The Morgan fingerprint density at radius 1 is 1.07 bits per heavy atom. The van der Waals surface area contributed by atoms with Gasteiger partial charge in [-0.2, -0.15) is 0 Å². The smallest absolute Gasteiger partial charge is 0.407 e. The first-order chi connectivity index (χ1) is 13.1. The lowest BCUT2D eigenvalue weighted by Crippen LogP contribution is -2.47. The summed E-state index contributed by atoms with van der Waals surface area (Å²) in [6.07, 6.45) is 0.504. The van der Waals surface area contributed by atoms with Crippen LogP contribution in [0.5, 0.6) is 0 Å². The predicted octanol–water partition coefficient (Wildman–Crippen LogP) is 4.52. The van der Waals surface area contributed by atoms with E-state index in [1.807, 2.05) is 13.0 Å². The van der Waals surface area contributed by atoms with Gasteiger partial charge in [-0.1, -0.05) is 43.7 Å². The number of hydrogen-bond donors (Lipinski definition) is 1. The highest BCUT2D eigenvalue weighted by Gasteiger charge is 2.47. The fourth-order valence-electron chi connectivity index (χ4n) is 3.23. The zero-order valence-electron chi connectivity index (χ0n) is 17.8. The molecule has 1 unspecified atom stereocenters. The van der Waals surface area contributed by atoms with Gasteiger partial charge in [-0.3, -0.25) is 9.59 Å². The van der Waals surface area contributed by atoms with Gasteiger partial charge < -0.3 is 14.8 Å². The molecule has 0 saturated heterocycles. The van der Waals surface area contributed by atoms with Crippen molar-refractivity contribution in [2.45, 2.75) is 72.4 Å². The molecule has 0 bridgehead atoms. The number of ketones is 1. The average molecular weight is 392 g/mol. The molecule has 0 aliphatic heterocycles. The van der Waals surface area contributed by atoms with Crippen molar-refractivity contribution in [2.75, 3.05) is 6.61 Å². The third-order valence-corrected chi connectivity index (χ3v) is 4.23. The molecule has 0 fully saturated rings. The second-order valence-electron chi connectivity index (χ2n) is 8.00. The van der Waals surface area contributed by atoms with E-state index in [1.165, 1.54) is 0 Å². The van der Waals surface area contributed by atoms with E-state index >= 15 is 0 Å². The fraction of sp³-hybridized carbons (Fsp3) is 0.591. The largest absolute Gasteiger partial charge is 0.465 e. The summed E-state index contributed by atoms with van der Waals surface area (Å²) in [6, 6.07) is 8.26. The third kappa shape index (κ3) is 6.66. The Morgan fingerprint density at radius 2 is 1.68 bits per heavy atom. The molecular weight excluding hydrogens is 358 g/mol. The molecule has 1 aromatic rings. The molecule has 0 spiro atoms. The second kappa shape index (κ2) is 10.2. The van der Waals surface area contributed by atoms with Crippen LogP contribution in [0.4, 0.5) is 4.79 Å². The summed E-state index contributed by atoms with van der Waals surface area (Å²) < 4.78 is 10.6. The zero-order valence-corrected chi connectivity index (χ0v) is 17.8. The van der Waals surface area contributed by atoms with E-state index in [9.17, 15) is 14.4 Å². The number of hydrogen-bond acceptors (Lipinski definition) is 5. The van der Waals surface area contributed by atoms with E-state index in [1.54, 1.807) is 58.9 Å². The fourth-order valence-corrected chi connectivity index (χ4v) is 3.23. The van der Waals surface area contributed by atoms with Crippen molar-refractivity contribution in [3.05, 3.63) is 35.9 Å². The first kappa shape index (κ1) is 23.7. The predicted molar refractivity (Wildman–Crippen MR) is 108 cm³/mol. The minimum absolute atomic E-state index is 0.132. The Bertz CT molecular complexity index is 665. The van der Waals surface area contributed by atoms with Gasteiger partial charge in [-0.15, -0.1) is 0 Å². The maximum atomic E-state index is 13.4. The summed E-state index contributed by atoms with van der Waals surface area (Å²) in [4.78, 5) is 38.4. The second-order valence-corrected chi connectivity index (χ2v) is 8.00. The SMILES string of the molecule is CCCC(C[C@H](C)NC(=O)OC(C)(C)C)(C(=O)OCC)C(=O)c1ccccc1. The maximum absolute atomic E-state index is 13.4. The Hall–Kier alpha value is -2.37. The molecule has 2 atom stereocenters. The number of Topliss-reactive ketones (excluding diaryl/α,β-unsaturated/α-hetero) is 1. The number of alkyl carbamates (subject to hydrolysis) is 1. The van der Waals surface area contributed by atoms with Crippen LogP contribution in [0.1, 0.15) is 71.2 Å². The molecule has 1 N–H and O–H groups in total. The highest BCUT2D eigenvalue weighted by molar-refractivity contribution is 6.12. The third-order valence-electron chi connectivity index (χ3n) is 4.23. The zero-order chi connectivity index (χ0) is 21.4. The summed E-state index contributed by atoms with van der Waals surface area (Å²) in [5.41, 5.74) is -1.54. The molecule has 0 aliphatic rings. The van der Waals surface area contributed by atoms with Crippen LogP contribution in [0.25, 0.3) is 0 Å². The number of carbonyl (C=O) groups excluding carboxylic acids is 3. The summed E-state index contributed by atoms with van der Waals surface area (Å²) in [5.74, 6) is -0.838. The minimum atomic E-state index is -1.36. The molecule has 0 aromatic heterocycles. The molecule has 1 amide bonds. The average Bonchev–Trinajstić information content (AvgIpc) is 2.59. The number of carbonyl (C=O) groups is 3. The highest BCUT2D eigenvalue weighted by atomic mass is 16.6. The van der Waals surface area contributed by atoms with Crippen molar-refractivity contribution in [3.8, 4) is 0 Å². The molecular formula is C22H33NO5. The lowest BCUT2D eigenvalue weighted by atomic mass is 9.72. The molecule has 28 heavy (non-hydrogen) atoms. The number of nitrogens with one attached hydrogen (secondary N) is 1. The summed E-state index contributed by atoms with van der Waals surface area (Å²) in [5, 5.41) is 2.73. The lowest BCUT2D eigenvalue weighted by molar-refractivity contribution is -0.153. The van der Waals surface area contributed by atoms with Gasteiger partial charge in [0.15, 0.2) is 5.78 Å². The first-order valence-corrected chi connectivity index (χ1v) is 9.82. The van der Waals surface area contributed by atoms with Gasteiger partial charge in [0.2, 0.25) is 0 Å². The number of amides is 1. The van der Waals surface area contributed by atoms with E-state index in [0.717, 1.165) is 0 Å². The molecule has 1 aromatic carbocycles. The first-order valence-electron chi connectivity index (χ1n) is 9.82. The Balaban J connectivity index is 3.16. The quantitative estimate of drug-likeness (QED) is 0.380. The van der Waals surface area contributed by atoms with Crippen molar-refractivity contribution in [1.29, 1.82) is 0 Å². The molecule has 156 valence electrons. The topological polar surface area (TPSA) is 81.7 Å². The number of ether oxygens (including phenoxy) is 2. The van der Waals surface area contributed by atoms with Gasteiger partial charge >= 0.3 is 12.1 Å². The molecule has 0 saturated carbocycles. The highest BCUT2D eigenvalue weighted by Crippen LogP contribution is 2.36. The van der Waals surface area contributed by atoms with Crippen molar-refractivity contribution in [2.24, 2.45) is 5.41 Å². The number of rotatable bonds is 9. The van der Waals surface area contributed by atoms with Crippen molar-refractivity contribution in [3.63, 3.8) is 0 Å². The standard InChI is InChI=1S/C22H33NO5/c1-7-14-22(19(25)27-8-2,18(24)17-12-10-9-11-13-17)15-16(3)23-20(26)28-21(4,5)6/h9-13,16H,7-8,14-15H2,1-6H3,(H,23,26)/t16-,22?/m0/s1. The summed E-state index contributed by atoms with van der Waals surface area (Å²) in [6.45, 7) is 10.9. The molecule has 0 aliphatic carbocycles. The Labute approximate surface area is 168 Å². The normalized spacial score (nSPS) is 14.5. The monoisotopic (exact) mass is 391 g/mol. The van der Waals surface area contributed by atoms with Crippen LogP contribution in [0.2, 0.25) is 0 Å². The van der Waals surface area contributed by atoms with Crippen LogP contribution < -0.4 is 5.32 Å². The summed E-state index contributed by atoms with van der Waals surface area (Å²) >= 11 is 0. The molecule has 0 radical (unpaired) electrons. The van der Waals surface area contributed by atoms with Crippen molar-refractivity contribution < 1.29 is 23.9 Å². The van der Waals surface area contributed by atoms with E-state index in [-0.39, 0.29) is 18.8 Å². The minimum Gasteiger partial charge on any atom is -0.465 e. The van der Waals surface area contributed by atoms with Gasteiger partial charge in [-0.05, 0) is 47.5 Å². The van der Waals surface area contributed by atoms with Gasteiger partial charge in [0.1, 0.15) is 11.0 Å². The molecule has 0 heterocycles. The van der Waals surface area contributed by atoms with E-state index < -0.39 is 29.1 Å². The molecule has 6 heteroatoms. The molecule has 6 nitrogen and oxygen atoms in total. The van der Waals surface area contributed by atoms with Gasteiger partial charge in [0.05, 0.1) is 6.61 Å². The van der Waals surface area contributed by atoms with Crippen molar-refractivity contribution >= 4 is 17.8 Å². The Morgan fingerprint density at radius 3 is 2.18 bits per heavy atom. The van der Waals surface area contributed by atoms with Gasteiger partial charge in [0.25, 0.3) is 0 Å². The summed E-state index contributed by atoms with van der Waals surface area (Å²) in [7, 11) is 0. The van der Waals surface area contributed by atoms with Crippen LogP contribution in [0.15, 0.2) is 30.3 Å². The number of benzene rings is 1. The van der Waals surface area contributed by atoms with Gasteiger partial charge in [0, 0.05) is 11.6 Å². The van der Waals surface area contributed by atoms with E-state index in [0.29, 0.717) is 18.4 Å². The van der Waals surface area contributed by atoms with Crippen LogP contribution in [0.3, 0.4) is 0 Å². The van der Waals surface area contributed by atoms with Crippen molar-refractivity contribution in [1.82, 2.24) is 5.32 Å². The lowest BCUT2D eigenvalue weighted by Gasteiger charge is -2.33. The van der Waals surface area contributed by atoms with Crippen LogP contribution in [-0.2, 0) is 14.3 Å². The number of esters is 1. The van der Waals surface area contributed by atoms with Crippen LogP contribution >= 0.6 is 0 Å². The Kier molecular flexibility index (Phi) is 8.66. The van der Waals surface area contributed by atoms with Gasteiger partial charge in [-0.25, -0.2) is 4.79 Å². The van der Waals surface area contributed by atoms with Crippen LogP contribution in [0, 0.1) is 5.41 Å². The van der Waals surface area contributed by atoms with E-state index in [4.69, 9.17) is 9.47 Å².